The smallest absolute Gasteiger partial charge is 0.237 e. The Bertz CT molecular complexity index is 615. The van der Waals surface area contributed by atoms with E-state index in [4.69, 9.17) is 0 Å². The van der Waals surface area contributed by atoms with Gasteiger partial charge in [0, 0.05) is 23.3 Å². The molecule has 0 fully saturated rings. The van der Waals surface area contributed by atoms with Crippen molar-refractivity contribution in [2.45, 2.75) is 52.5 Å². The fourth-order valence-electron chi connectivity index (χ4n) is 2.48. The van der Waals surface area contributed by atoms with Crippen molar-refractivity contribution in [2.75, 3.05) is 5.32 Å². The van der Waals surface area contributed by atoms with E-state index in [1.807, 2.05) is 13.8 Å². The number of carbonyl (C=O) groups excluding carboxylic acids is 2. The third kappa shape index (κ3) is 5.04. The van der Waals surface area contributed by atoms with E-state index in [0.29, 0.717) is 6.42 Å². The van der Waals surface area contributed by atoms with Crippen molar-refractivity contribution < 1.29 is 19.6 Å². The monoisotopic (exact) mass is 335 g/mol. The van der Waals surface area contributed by atoms with Crippen molar-refractivity contribution in [2.24, 2.45) is 5.92 Å². The van der Waals surface area contributed by atoms with Crippen LogP contribution in [0.3, 0.4) is 0 Å². The van der Waals surface area contributed by atoms with Crippen LogP contribution in [0.4, 0.5) is 5.69 Å². The lowest BCUT2D eigenvalue weighted by molar-refractivity contribution is -0.524. The van der Waals surface area contributed by atoms with Crippen molar-refractivity contribution in [3.05, 3.63) is 39.4 Å². The Morgan fingerprint density at radius 2 is 1.96 bits per heavy atom. The van der Waals surface area contributed by atoms with Crippen molar-refractivity contribution in [3.8, 4) is 0 Å². The molecule has 0 aliphatic carbocycles. The van der Waals surface area contributed by atoms with Crippen LogP contribution in [-0.4, -0.2) is 16.8 Å². The first-order chi connectivity index (χ1) is 11.3. The summed E-state index contributed by atoms with van der Waals surface area (Å²) in [6, 6.07) is 2.75. The van der Waals surface area contributed by atoms with Gasteiger partial charge in [0.15, 0.2) is 0 Å². The number of amides is 1. The summed E-state index contributed by atoms with van der Waals surface area (Å²) in [6.45, 7) is 5.32. The Hall–Kier alpha value is -2.44. The molecule has 0 spiro atoms. The number of carboxylic acid groups (broad SMARTS) is 1. The highest BCUT2D eigenvalue weighted by Gasteiger charge is 2.23. The second kappa shape index (κ2) is 9.00. The van der Waals surface area contributed by atoms with Crippen molar-refractivity contribution in [1.82, 2.24) is 0 Å². The lowest BCUT2D eigenvalue weighted by Crippen LogP contribution is -2.25. The number of aromatic carboxylic acids is 1. The van der Waals surface area contributed by atoms with Gasteiger partial charge in [-0.15, -0.1) is 0 Å². The van der Waals surface area contributed by atoms with Crippen LogP contribution < -0.4 is 10.4 Å². The molecule has 2 unspecified atom stereocenters. The first kappa shape index (κ1) is 19.6. The molecule has 1 amide bonds. The van der Waals surface area contributed by atoms with Crippen LogP contribution in [0.5, 0.6) is 0 Å². The maximum atomic E-state index is 12.4. The normalized spacial score (nSPS) is 13.1. The Morgan fingerprint density at radius 3 is 2.46 bits per heavy atom. The van der Waals surface area contributed by atoms with Crippen molar-refractivity contribution >= 4 is 17.6 Å². The van der Waals surface area contributed by atoms with Gasteiger partial charge < -0.3 is 15.2 Å². The minimum absolute atomic E-state index is 0.133. The van der Waals surface area contributed by atoms with Gasteiger partial charge in [0.05, 0.1) is 11.7 Å². The van der Waals surface area contributed by atoms with Gasteiger partial charge in [0.1, 0.15) is 0 Å². The number of benzene rings is 1. The largest absolute Gasteiger partial charge is 0.545 e. The molecule has 1 rings (SSSR count). The minimum Gasteiger partial charge on any atom is -0.545 e. The second-order valence-corrected chi connectivity index (χ2v) is 5.79. The van der Waals surface area contributed by atoms with E-state index >= 15 is 0 Å². The number of unbranched alkanes of at least 4 members (excludes halogenated alkanes) is 1. The number of hydrogen-bond acceptors (Lipinski definition) is 5. The fourth-order valence-corrected chi connectivity index (χ4v) is 2.48. The first-order valence-corrected chi connectivity index (χ1v) is 8.11. The van der Waals surface area contributed by atoms with E-state index in [1.165, 1.54) is 25.1 Å². The molecule has 1 aromatic carbocycles. The van der Waals surface area contributed by atoms with Gasteiger partial charge >= 0.3 is 0 Å². The fraction of sp³-hybridized carbons (Fsp3) is 0.529. The molecule has 1 aromatic rings. The number of nitro groups is 1. The first-order valence-electron chi connectivity index (χ1n) is 8.11. The molecule has 24 heavy (non-hydrogen) atoms. The quantitative estimate of drug-likeness (QED) is 0.550. The maximum Gasteiger partial charge on any atom is 0.237 e. The third-order valence-electron chi connectivity index (χ3n) is 4.08. The summed E-state index contributed by atoms with van der Waals surface area (Å²) in [5.74, 6) is -1.86. The molecule has 0 radical (unpaired) electrons. The molecule has 0 heterocycles. The van der Waals surface area contributed by atoms with Crippen LogP contribution >= 0.6 is 0 Å². The van der Waals surface area contributed by atoms with Gasteiger partial charge in [0.2, 0.25) is 11.9 Å². The molecule has 7 heteroatoms. The molecule has 0 aromatic heterocycles. The number of rotatable bonds is 9. The molecule has 0 aliphatic heterocycles. The number of carboxylic acids is 1. The Balaban J connectivity index is 3.13. The molecule has 0 saturated heterocycles. The van der Waals surface area contributed by atoms with Gasteiger partial charge in [0.25, 0.3) is 0 Å². The molecule has 0 saturated carbocycles. The van der Waals surface area contributed by atoms with Crippen LogP contribution in [0, 0.1) is 16.0 Å². The van der Waals surface area contributed by atoms with E-state index in [0.717, 1.165) is 19.3 Å². The van der Waals surface area contributed by atoms with E-state index < -0.39 is 16.9 Å². The highest BCUT2D eigenvalue weighted by molar-refractivity contribution is 5.95. The number of nitrogens with zero attached hydrogens (tertiary/aromatic N) is 1. The number of nitrogens with one attached hydrogen (secondary N) is 1. The molecule has 7 nitrogen and oxygen atoms in total. The molecular formula is C17H23N2O5-. The van der Waals surface area contributed by atoms with Crippen LogP contribution in [0.1, 0.15) is 68.4 Å². The number of anilines is 1. The predicted octanol–water partition coefficient (Wildman–Crippen LogP) is 2.54. The van der Waals surface area contributed by atoms with Gasteiger partial charge in [-0.1, -0.05) is 32.8 Å². The van der Waals surface area contributed by atoms with E-state index in [2.05, 4.69) is 5.32 Å². The topological polar surface area (TPSA) is 112 Å². The molecule has 2 atom stereocenters. The number of hydrogen-bond donors (Lipinski definition) is 1. The second-order valence-electron chi connectivity index (χ2n) is 5.79. The van der Waals surface area contributed by atoms with Gasteiger partial charge in [-0.3, -0.25) is 14.9 Å². The summed E-state index contributed by atoms with van der Waals surface area (Å²) >= 11 is 0. The zero-order chi connectivity index (χ0) is 18.3. The average Bonchev–Trinajstić information content (AvgIpc) is 2.54. The zero-order valence-electron chi connectivity index (χ0n) is 14.2. The summed E-state index contributed by atoms with van der Waals surface area (Å²) in [6.07, 6.45) is 3.24. The molecule has 132 valence electrons. The maximum absolute atomic E-state index is 12.4. The van der Waals surface area contributed by atoms with E-state index in [-0.39, 0.29) is 28.6 Å². The van der Waals surface area contributed by atoms with E-state index in [1.54, 1.807) is 0 Å². The minimum atomic E-state index is -1.40. The predicted molar refractivity (Wildman–Crippen MR) is 88.1 cm³/mol. The standard InChI is InChI=1S/C17H24N2O5/c1-4-6-7-12(5-2)16(20)18-15-10-13(17(21)22)8-9-14(15)11(3)19(23)24/h8-12H,4-7H2,1-3H3,(H,18,20)(H,21,22)/p-1. The highest BCUT2D eigenvalue weighted by atomic mass is 16.6. The van der Waals surface area contributed by atoms with E-state index in [9.17, 15) is 24.8 Å². The molecule has 0 aliphatic rings. The molecule has 0 bridgehead atoms. The Morgan fingerprint density at radius 1 is 1.29 bits per heavy atom. The summed E-state index contributed by atoms with van der Waals surface area (Å²) in [4.78, 5) is 34.0. The molecular weight excluding hydrogens is 312 g/mol. The van der Waals surface area contributed by atoms with Gasteiger partial charge in [-0.05, 0) is 30.5 Å². The Kier molecular flexibility index (Phi) is 7.35. The highest BCUT2D eigenvalue weighted by Crippen LogP contribution is 2.27. The van der Waals surface area contributed by atoms with Gasteiger partial charge in [-0.2, -0.15) is 0 Å². The van der Waals surface area contributed by atoms with Crippen molar-refractivity contribution in [1.29, 1.82) is 0 Å². The van der Waals surface area contributed by atoms with Crippen LogP contribution in [-0.2, 0) is 4.79 Å². The SMILES string of the molecule is CCCCC(CC)C(=O)Nc1cc(C(=O)[O-])ccc1C(C)[N+](=O)[O-]. The zero-order valence-corrected chi connectivity index (χ0v) is 14.2. The summed E-state index contributed by atoms with van der Waals surface area (Å²) in [7, 11) is 0. The summed E-state index contributed by atoms with van der Waals surface area (Å²) in [5.41, 5.74) is 0.288. The molecule has 1 N–H and O–H groups in total. The number of carbonyl (C=O) groups is 2. The van der Waals surface area contributed by atoms with Crippen LogP contribution in [0.2, 0.25) is 0 Å². The Labute approximate surface area is 141 Å². The van der Waals surface area contributed by atoms with Gasteiger partial charge in [-0.25, -0.2) is 0 Å². The average molecular weight is 335 g/mol. The third-order valence-corrected chi connectivity index (χ3v) is 4.08. The summed E-state index contributed by atoms with van der Waals surface area (Å²) < 4.78 is 0. The van der Waals surface area contributed by atoms with Crippen molar-refractivity contribution in [3.63, 3.8) is 0 Å². The lowest BCUT2D eigenvalue weighted by Gasteiger charge is -2.18. The lowest BCUT2D eigenvalue weighted by atomic mass is 9.97. The van der Waals surface area contributed by atoms with Crippen LogP contribution in [0.25, 0.3) is 0 Å². The summed E-state index contributed by atoms with van der Waals surface area (Å²) in [5, 5.41) is 24.7. The van der Waals surface area contributed by atoms with Crippen LogP contribution in [0.15, 0.2) is 18.2 Å².